The first-order valence-electron chi connectivity index (χ1n) is 5.49. The quantitative estimate of drug-likeness (QED) is 0.810. The average Bonchev–Trinajstić information content (AvgIpc) is 2.32. The molecule has 0 aliphatic carbocycles. The molecule has 1 amide bonds. The Morgan fingerprint density at radius 3 is 2.62 bits per heavy atom. The number of rotatable bonds is 3. The van der Waals surface area contributed by atoms with Crippen LogP contribution >= 0.6 is 0 Å². The molecule has 4 nitrogen and oxygen atoms in total. The fourth-order valence-electron chi connectivity index (χ4n) is 1.67. The number of carbonyl (C=O) groups is 1. The Morgan fingerprint density at radius 2 is 2.06 bits per heavy atom. The molecule has 0 bridgehead atoms. The summed E-state index contributed by atoms with van der Waals surface area (Å²) in [5.74, 6) is -0.00646. The van der Waals surface area contributed by atoms with E-state index in [9.17, 15) is 4.79 Å². The second kappa shape index (κ2) is 4.79. The highest BCUT2D eigenvalue weighted by Gasteiger charge is 2.12. The molecule has 0 saturated heterocycles. The Balaban J connectivity index is 2.12. The van der Waals surface area contributed by atoms with Crippen molar-refractivity contribution in [3.05, 3.63) is 29.8 Å². The van der Waals surface area contributed by atoms with Gasteiger partial charge in [0.25, 0.3) is 0 Å². The molecule has 0 aromatic heterocycles. The lowest BCUT2D eigenvalue weighted by Gasteiger charge is -2.12. The number of amides is 1. The van der Waals surface area contributed by atoms with Gasteiger partial charge in [-0.2, -0.15) is 5.10 Å². The maximum Gasteiger partial charge on any atom is 0.240 e. The molecule has 1 aliphatic rings. The Kier molecular flexibility index (Phi) is 3.19. The summed E-state index contributed by atoms with van der Waals surface area (Å²) in [4.78, 5) is 11.0. The number of benzene rings is 1. The van der Waals surface area contributed by atoms with Gasteiger partial charge in [-0.3, -0.25) is 4.79 Å². The summed E-state index contributed by atoms with van der Waals surface area (Å²) in [6.45, 7) is 2.98. The molecule has 1 aliphatic heterocycles. The molecule has 2 rings (SSSR count). The monoisotopic (exact) mass is 217 g/mol. The van der Waals surface area contributed by atoms with Crippen molar-refractivity contribution in [2.24, 2.45) is 5.10 Å². The van der Waals surface area contributed by atoms with E-state index < -0.39 is 0 Å². The lowest BCUT2D eigenvalue weighted by atomic mass is 10.0. The molecule has 1 aromatic rings. The van der Waals surface area contributed by atoms with Gasteiger partial charge in [0.1, 0.15) is 0 Å². The highest BCUT2D eigenvalue weighted by molar-refractivity contribution is 6.04. The highest BCUT2D eigenvalue weighted by Crippen LogP contribution is 2.13. The Hall–Kier alpha value is -1.84. The number of carbonyl (C=O) groups excluding carboxylic acids is 1. The Morgan fingerprint density at radius 1 is 1.31 bits per heavy atom. The van der Waals surface area contributed by atoms with Crippen molar-refractivity contribution < 1.29 is 4.79 Å². The third-order valence-corrected chi connectivity index (χ3v) is 2.50. The predicted molar refractivity (Wildman–Crippen MR) is 64.5 cm³/mol. The molecule has 0 spiro atoms. The van der Waals surface area contributed by atoms with Crippen LogP contribution in [0.1, 0.15) is 25.3 Å². The van der Waals surface area contributed by atoms with E-state index in [4.69, 9.17) is 0 Å². The lowest BCUT2D eigenvalue weighted by Crippen LogP contribution is -2.25. The van der Waals surface area contributed by atoms with Crippen LogP contribution in [0.5, 0.6) is 0 Å². The summed E-state index contributed by atoms with van der Waals surface area (Å²) >= 11 is 0. The Labute approximate surface area is 94.7 Å². The van der Waals surface area contributed by atoms with Crippen LogP contribution in [0.15, 0.2) is 29.4 Å². The van der Waals surface area contributed by atoms with E-state index in [1.54, 1.807) is 0 Å². The molecule has 84 valence electrons. The van der Waals surface area contributed by atoms with Gasteiger partial charge in [0.2, 0.25) is 5.91 Å². The van der Waals surface area contributed by atoms with Gasteiger partial charge in [-0.1, -0.05) is 12.1 Å². The van der Waals surface area contributed by atoms with Crippen molar-refractivity contribution >= 4 is 17.3 Å². The van der Waals surface area contributed by atoms with E-state index in [0.29, 0.717) is 12.8 Å². The van der Waals surface area contributed by atoms with Gasteiger partial charge >= 0.3 is 0 Å². The third-order valence-electron chi connectivity index (χ3n) is 2.50. The van der Waals surface area contributed by atoms with Gasteiger partial charge in [0.05, 0.1) is 5.71 Å². The summed E-state index contributed by atoms with van der Waals surface area (Å²) < 4.78 is 0. The molecular weight excluding hydrogens is 202 g/mol. The zero-order valence-electron chi connectivity index (χ0n) is 9.29. The van der Waals surface area contributed by atoms with E-state index in [0.717, 1.165) is 23.5 Å². The van der Waals surface area contributed by atoms with Gasteiger partial charge in [-0.25, -0.2) is 5.43 Å². The van der Waals surface area contributed by atoms with Crippen LogP contribution < -0.4 is 10.7 Å². The summed E-state index contributed by atoms with van der Waals surface area (Å²) in [7, 11) is 0. The largest absolute Gasteiger partial charge is 0.385 e. The van der Waals surface area contributed by atoms with Crippen molar-refractivity contribution in [3.63, 3.8) is 0 Å². The van der Waals surface area contributed by atoms with Crippen molar-refractivity contribution in [1.29, 1.82) is 0 Å². The third kappa shape index (κ3) is 2.39. The van der Waals surface area contributed by atoms with Gasteiger partial charge in [0.15, 0.2) is 0 Å². The van der Waals surface area contributed by atoms with Crippen LogP contribution in [0.3, 0.4) is 0 Å². The number of nitrogens with one attached hydrogen (secondary N) is 2. The highest BCUT2D eigenvalue weighted by atomic mass is 16.2. The summed E-state index contributed by atoms with van der Waals surface area (Å²) in [5.41, 5.74) is 5.63. The topological polar surface area (TPSA) is 53.5 Å². The fraction of sp³-hybridized carbons (Fsp3) is 0.333. The van der Waals surface area contributed by atoms with Gasteiger partial charge in [-0.05, 0) is 24.6 Å². The SMILES string of the molecule is CCNc1ccc(C2=NNC(=O)CC2)cc1. The molecule has 0 saturated carbocycles. The molecule has 2 N–H and O–H groups in total. The van der Waals surface area contributed by atoms with E-state index >= 15 is 0 Å². The molecule has 1 heterocycles. The van der Waals surface area contributed by atoms with Crippen LogP contribution in [-0.2, 0) is 4.79 Å². The van der Waals surface area contributed by atoms with Crippen LogP contribution in [-0.4, -0.2) is 18.2 Å². The zero-order chi connectivity index (χ0) is 11.4. The number of nitrogens with zero attached hydrogens (tertiary/aromatic N) is 1. The minimum atomic E-state index is -0.00646. The van der Waals surface area contributed by atoms with Crippen LogP contribution in [0.25, 0.3) is 0 Å². The second-order valence-corrected chi connectivity index (χ2v) is 3.70. The Bertz CT molecular complexity index is 409. The molecular formula is C12H15N3O. The number of anilines is 1. The molecule has 1 aromatic carbocycles. The van der Waals surface area contributed by atoms with Crippen molar-refractivity contribution in [3.8, 4) is 0 Å². The molecule has 16 heavy (non-hydrogen) atoms. The summed E-state index contributed by atoms with van der Waals surface area (Å²) in [5, 5.41) is 7.29. The fourth-order valence-corrected chi connectivity index (χ4v) is 1.67. The predicted octanol–water partition coefficient (Wildman–Crippen LogP) is 1.73. The van der Waals surface area contributed by atoms with Gasteiger partial charge in [-0.15, -0.1) is 0 Å². The minimum absolute atomic E-state index is 0.00646. The second-order valence-electron chi connectivity index (χ2n) is 3.70. The lowest BCUT2D eigenvalue weighted by molar-refractivity contribution is -0.121. The zero-order valence-corrected chi connectivity index (χ0v) is 9.29. The van der Waals surface area contributed by atoms with E-state index in [2.05, 4.69) is 22.8 Å². The maximum atomic E-state index is 11.0. The molecule has 0 atom stereocenters. The molecule has 0 fully saturated rings. The number of hydrazone groups is 1. The van der Waals surface area contributed by atoms with Crippen LogP contribution in [0, 0.1) is 0 Å². The first-order chi connectivity index (χ1) is 7.79. The first kappa shape index (κ1) is 10.7. The van der Waals surface area contributed by atoms with Gasteiger partial charge < -0.3 is 5.32 Å². The molecule has 0 radical (unpaired) electrons. The smallest absolute Gasteiger partial charge is 0.240 e. The number of hydrogen-bond donors (Lipinski definition) is 2. The average molecular weight is 217 g/mol. The van der Waals surface area contributed by atoms with Crippen LogP contribution in [0.4, 0.5) is 5.69 Å². The standard InChI is InChI=1S/C12H15N3O/c1-2-13-10-5-3-9(4-6-10)11-7-8-12(16)15-14-11/h3-6,13H,2,7-8H2,1H3,(H,15,16). The van der Waals surface area contributed by atoms with E-state index in [-0.39, 0.29) is 5.91 Å². The van der Waals surface area contributed by atoms with E-state index in [1.807, 2.05) is 24.3 Å². The normalized spacial score (nSPS) is 15.3. The minimum Gasteiger partial charge on any atom is -0.385 e. The maximum absolute atomic E-state index is 11.0. The molecule has 4 heteroatoms. The molecule has 0 unspecified atom stereocenters. The summed E-state index contributed by atoms with van der Waals surface area (Å²) in [6.07, 6.45) is 1.24. The van der Waals surface area contributed by atoms with Crippen molar-refractivity contribution in [2.45, 2.75) is 19.8 Å². The number of hydrogen-bond acceptors (Lipinski definition) is 3. The van der Waals surface area contributed by atoms with Crippen LogP contribution in [0.2, 0.25) is 0 Å². The first-order valence-corrected chi connectivity index (χ1v) is 5.49. The van der Waals surface area contributed by atoms with E-state index in [1.165, 1.54) is 0 Å². The summed E-state index contributed by atoms with van der Waals surface area (Å²) in [6, 6.07) is 8.10. The van der Waals surface area contributed by atoms with Gasteiger partial charge in [0, 0.05) is 25.1 Å². The van der Waals surface area contributed by atoms with Crippen molar-refractivity contribution in [2.75, 3.05) is 11.9 Å². The van der Waals surface area contributed by atoms with Crippen molar-refractivity contribution in [1.82, 2.24) is 5.43 Å².